The largest absolute Gasteiger partial charge is 0.342 e. The Morgan fingerprint density at radius 2 is 1.81 bits per heavy atom. The molecule has 1 amide bonds. The number of halogens is 3. The lowest BCUT2D eigenvalue weighted by molar-refractivity contribution is 0.0711. The molecule has 0 unspecified atom stereocenters. The molecule has 0 saturated carbocycles. The number of likely N-dealkylation sites (tertiary alicyclic amines) is 1. The molecule has 1 fully saturated rings. The third-order valence-electron chi connectivity index (χ3n) is 5.08. The predicted octanol–water partition coefficient (Wildman–Crippen LogP) is 5.85. The zero-order valence-electron chi connectivity index (χ0n) is 14.7. The minimum atomic E-state index is -0.175. The highest BCUT2D eigenvalue weighted by Gasteiger charge is 2.29. The number of nitrogens with zero attached hydrogens (tertiary/aromatic N) is 2. The molecule has 2 heterocycles. The number of amides is 1. The number of piperidine rings is 1. The molecule has 0 radical (unpaired) electrons. The van der Waals surface area contributed by atoms with Crippen molar-refractivity contribution in [2.24, 2.45) is 0 Å². The number of aromatic nitrogens is 2. The summed E-state index contributed by atoms with van der Waals surface area (Å²) in [5.41, 5.74) is 3.52. The van der Waals surface area contributed by atoms with E-state index in [0.717, 1.165) is 29.7 Å². The van der Waals surface area contributed by atoms with Gasteiger partial charge in [-0.3, -0.25) is 4.79 Å². The summed E-state index contributed by atoms with van der Waals surface area (Å²) in [5, 5.41) is 0.866. The van der Waals surface area contributed by atoms with Gasteiger partial charge in [-0.1, -0.05) is 40.9 Å². The molecule has 1 aliphatic rings. The first-order valence-electron chi connectivity index (χ1n) is 8.83. The van der Waals surface area contributed by atoms with E-state index in [9.17, 15) is 4.79 Å². The third-order valence-corrected chi connectivity index (χ3v) is 6.20. The van der Waals surface area contributed by atoms with Gasteiger partial charge in [0.1, 0.15) is 5.82 Å². The maximum absolute atomic E-state index is 12.9. The normalized spacial score (nSPS) is 15.5. The van der Waals surface area contributed by atoms with Crippen LogP contribution in [-0.2, 0) is 0 Å². The van der Waals surface area contributed by atoms with Gasteiger partial charge in [-0.25, -0.2) is 4.98 Å². The van der Waals surface area contributed by atoms with Gasteiger partial charge in [0.15, 0.2) is 0 Å². The molecular formula is C20H18Cl3N3O. The molecule has 7 heteroatoms. The molecule has 140 valence electrons. The third kappa shape index (κ3) is 3.54. The van der Waals surface area contributed by atoms with Crippen LogP contribution in [0.1, 0.15) is 40.5 Å². The number of carbonyl (C=O) groups excluding carboxylic acids is 1. The number of aryl methyl sites for hydroxylation is 1. The smallest absolute Gasteiger partial charge is 0.256 e. The maximum atomic E-state index is 12.9. The highest BCUT2D eigenvalue weighted by molar-refractivity contribution is 6.46. The summed E-state index contributed by atoms with van der Waals surface area (Å²) >= 11 is 18.5. The van der Waals surface area contributed by atoms with Crippen LogP contribution >= 0.6 is 34.8 Å². The van der Waals surface area contributed by atoms with Crippen molar-refractivity contribution in [3.8, 4) is 0 Å². The van der Waals surface area contributed by atoms with Crippen LogP contribution in [0.5, 0.6) is 0 Å². The van der Waals surface area contributed by atoms with Crippen molar-refractivity contribution in [1.82, 2.24) is 14.9 Å². The molecule has 4 nitrogen and oxygen atoms in total. The van der Waals surface area contributed by atoms with Crippen LogP contribution in [0.25, 0.3) is 11.0 Å². The summed E-state index contributed by atoms with van der Waals surface area (Å²) in [7, 11) is 0. The fourth-order valence-corrected chi connectivity index (χ4v) is 4.26. The molecule has 3 aromatic rings. The van der Waals surface area contributed by atoms with Crippen molar-refractivity contribution in [1.29, 1.82) is 0 Å². The van der Waals surface area contributed by atoms with Crippen LogP contribution in [0.4, 0.5) is 0 Å². The van der Waals surface area contributed by atoms with Crippen LogP contribution in [0.3, 0.4) is 0 Å². The maximum Gasteiger partial charge on any atom is 0.256 e. The second-order valence-electron chi connectivity index (χ2n) is 6.93. The van der Waals surface area contributed by atoms with Crippen molar-refractivity contribution in [2.45, 2.75) is 25.7 Å². The molecule has 1 aliphatic heterocycles. The van der Waals surface area contributed by atoms with E-state index in [1.807, 2.05) is 6.07 Å². The van der Waals surface area contributed by atoms with Gasteiger partial charge in [0.2, 0.25) is 0 Å². The van der Waals surface area contributed by atoms with Crippen LogP contribution in [0, 0.1) is 6.92 Å². The van der Waals surface area contributed by atoms with Crippen LogP contribution < -0.4 is 0 Å². The van der Waals surface area contributed by atoms with Gasteiger partial charge in [-0.15, -0.1) is 0 Å². The minimum Gasteiger partial charge on any atom is -0.342 e. The average Bonchev–Trinajstić information content (AvgIpc) is 3.08. The van der Waals surface area contributed by atoms with Gasteiger partial charge in [-0.05, 0) is 49.6 Å². The summed E-state index contributed by atoms with van der Waals surface area (Å²) in [6, 6.07) is 9.40. The number of rotatable bonds is 2. The van der Waals surface area contributed by atoms with Gasteiger partial charge >= 0.3 is 0 Å². The lowest BCUT2D eigenvalue weighted by Crippen LogP contribution is -2.38. The molecule has 27 heavy (non-hydrogen) atoms. The zero-order chi connectivity index (χ0) is 19.1. The number of H-pyrrole nitrogens is 1. The van der Waals surface area contributed by atoms with Gasteiger partial charge in [0.05, 0.1) is 31.7 Å². The predicted molar refractivity (Wildman–Crippen MR) is 110 cm³/mol. The molecule has 1 aromatic heterocycles. The minimum absolute atomic E-state index is 0.175. The Kier molecular flexibility index (Phi) is 5.06. The van der Waals surface area contributed by atoms with E-state index in [0.29, 0.717) is 29.1 Å². The number of hydrogen-bond acceptors (Lipinski definition) is 2. The topological polar surface area (TPSA) is 49.0 Å². The highest BCUT2D eigenvalue weighted by Crippen LogP contribution is 2.34. The summed E-state index contributed by atoms with van der Waals surface area (Å²) < 4.78 is 0. The van der Waals surface area contributed by atoms with Crippen molar-refractivity contribution < 1.29 is 4.79 Å². The molecule has 0 bridgehead atoms. The first-order valence-corrected chi connectivity index (χ1v) is 9.96. The van der Waals surface area contributed by atoms with E-state index in [4.69, 9.17) is 39.8 Å². The zero-order valence-corrected chi connectivity index (χ0v) is 17.0. The van der Waals surface area contributed by atoms with E-state index in [1.165, 1.54) is 5.56 Å². The van der Waals surface area contributed by atoms with E-state index >= 15 is 0 Å². The van der Waals surface area contributed by atoms with Crippen LogP contribution in [0.15, 0.2) is 30.3 Å². The van der Waals surface area contributed by atoms with Gasteiger partial charge in [-0.2, -0.15) is 0 Å². The van der Waals surface area contributed by atoms with Crippen LogP contribution in [0.2, 0.25) is 15.1 Å². The Morgan fingerprint density at radius 1 is 1.11 bits per heavy atom. The molecular weight excluding hydrogens is 405 g/mol. The average molecular weight is 423 g/mol. The van der Waals surface area contributed by atoms with E-state index < -0.39 is 0 Å². The van der Waals surface area contributed by atoms with Crippen molar-refractivity contribution >= 4 is 51.7 Å². The van der Waals surface area contributed by atoms with Gasteiger partial charge in [0, 0.05) is 19.0 Å². The molecule has 4 rings (SSSR count). The Labute approximate surface area is 172 Å². The summed E-state index contributed by atoms with van der Waals surface area (Å²) in [5.74, 6) is 1.11. The number of hydrogen-bond donors (Lipinski definition) is 1. The summed E-state index contributed by atoms with van der Waals surface area (Å²) in [6.45, 7) is 3.31. The molecule has 1 N–H and O–H groups in total. The SMILES string of the molecule is Cc1ccc2nc(C3CCN(C(=O)c4c(Cl)ccc(Cl)c4Cl)CC3)[nH]c2c1. The van der Waals surface area contributed by atoms with E-state index in [-0.39, 0.29) is 16.5 Å². The molecule has 0 aliphatic carbocycles. The van der Waals surface area contributed by atoms with Gasteiger partial charge < -0.3 is 9.88 Å². The van der Waals surface area contributed by atoms with Gasteiger partial charge in [0.25, 0.3) is 5.91 Å². The van der Waals surface area contributed by atoms with E-state index in [1.54, 1.807) is 17.0 Å². The quantitative estimate of drug-likeness (QED) is 0.526. The fraction of sp³-hybridized carbons (Fsp3) is 0.300. The summed E-state index contributed by atoms with van der Waals surface area (Å²) in [6.07, 6.45) is 1.67. The Morgan fingerprint density at radius 3 is 2.56 bits per heavy atom. The number of aromatic amines is 1. The lowest BCUT2D eigenvalue weighted by atomic mass is 9.95. The van der Waals surface area contributed by atoms with Crippen molar-refractivity contribution in [3.63, 3.8) is 0 Å². The molecule has 0 atom stereocenters. The number of fused-ring (bicyclic) bond motifs is 1. The monoisotopic (exact) mass is 421 g/mol. The molecule has 1 saturated heterocycles. The van der Waals surface area contributed by atoms with Crippen LogP contribution in [-0.4, -0.2) is 33.9 Å². The van der Waals surface area contributed by atoms with Crippen molar-refractivity contribution in [2.75, 3.05) is 13.1 Å². The number of nitrogens with one attached hydrogen (secondary N) is 1. The Balaban J connectivity index is 1.50. The highest BCUT2D eigenvalue weighted by atomic mass is 35.5. The number of imidazole rings is 1. The molecule has 0 spiro atoms. The Hall–Kier alpha value is -1.75. The Bertz CT molecular complexity index is 1020. The fourth-order valence-electron chi connectivity index (χ4n) is 3.57. The standard InChI is InChI=1S/C20H18Cl3N3O/c1-11-2-5-15-16(10-11)25-19(24-15)12-6-8-26(9-7-12)20(27)17-13(21)3-4-14(22)18(17)23/h2-5,10,12H,6-9H2,1H3,(H,24,25). The molecule has 2 aromatic carbocycles. The second kappa shape index (κ2) is 7.34. The second-order valence-corrected chi connectivity index (χ2v) is 8.12. The first-order chi connectivity index (χ1) is 12.9. The van der Waals surface area contributed by atoms with Crippen molar-refractivity contribution in [3.05, 3.63) is 62.4 Å². The first kappa shape index (κ1) is 18.6. The lowest BCUT2D eigenvalue weighted by Gasteiger charge is -2.31. The summed E-state index contributed by atoms with van der Waals surface area (Å²) in [4.78, 5) is 22.8. The van der Waals surface area contributed by atoms with E-state index in [2.05, 4.69) is 24.0 Å². The number of benzene rings is 2. The number of carbonyl (C=O) groups is 1.